The van der Waals surface area contributed by atoms with Crippen LogP contribution in [0.2, 0.25) is 0 Å². The predicted octanol–water partition coefficient (Wildman–Crippen LogP) is 2.57. The topological polar surface area (TPSA) is 30.5 Å². The van der Waals surface area contributed by atoms with Crippen LogP contribution in [0.3, 0.4) is 0 Å². The van der Waals surface area contributed by atoms with E-state index in [0.29, 0.717) is 5.41 Å². The van der Waals surface area contributed by atoms with Crippen molar-refractivity contribution in [1.82, 2.24) is 5.32 Å². The monoisotopic (exact) mass is 247 g/mol. The van der Waals surface area contributed by atoms with Gasteiger partial charge in [0.05, 0.1) is 14.2 Å². The molecule has 18 heavy (non-hydrogen) atoms. The van der Waals surface area contributed by atoms with Gasteiger partial charge in [0.25, 0.3) is 0 Å². The third-order valence-corrected chi connectivity index (χ3v) is 4.49. The first-order valence-corrected chi connectivity index (χ1v) is 6.54. The Kier molecular flexibility index (Phi) is 2.39. The van der Waals surface area contributed by atoms with Crippen LogP contribution in [0, 0.1) is 0 Å². The van der Waals surface area contributed by atoms with E-state index in [-0.39, 0.29) is 5.54 Å². The van der Waals surface area contributed by atoms with Crippen LogP contribution in [0.5, 0.6) is 11.5 Å². The van der Waals surface area contributed by atoms with Crippen LogP contribution >= 0.6 is 0 Å². The summed E-state index contributed by atoms with van der Waals surface area (Å²) >= 11 is 0. The second kappa shape index (κ2) is 3.64. The molecule has 0 radical (unpaired) electrons. The fourth-order valence-corrected chi connectivity index (χ4v) is 3.01. The number of rotatable bonds is 2. The van der Waals surface area contributed by atoms with Gasteiger partial charge in [-0.3, -0.25) is 0 Å². The van der Waals surface area contributed by atoms with Crippen LogP contribution in [0.25, 0.3) is 0 Å². The van der Waals surface area contributed by atoms with Gasteiger partial charge in [0.15, 0.2) is 11.5 Å². The van der Waals surface area contributed by atoms with Gasteiger partial charge in [0.2, 0.25) is 0 Å². The Morgan fingerprint density at radius 3 is 2.06 bits per heavy atom. The summed E-state index contributed by atoms with van der Waals surface area (Å²) in [6.07, 6.45) is 2.55. The highest BCUT2D eigenvalue weighted by Crippen LogP contribution is 2.55. The summed E-state index contributed by atoms with van der Waals surface area (Å²) in [5.41, 5.74) is 3.15. The molecule has 2 aliphatic rings. The zero-order chi connectivity index (χ0) is 13.0. The summed E-state index contributed by atoms with van der Waals surface area (Å²) in [5, 5.41) is 3.66. The normalized spacial score (nSPS) is 22.4. The molecule has 0 atom stereocenters. The summed E-state index contributed by atoms with van der Waals surface area (Å²) in [7, 11) is 3.40. The maximum atomic E-state index is 5.45. The van der Waals surface area contributed by atoms with E-state index in [0.717, 1.165) is 18.0 Å². The van der Waals surface area contributed by atoms with Gasteiger partial charge in [-0.25, -0.2) is 0 Å². The number of hydrogen-bond donors (Lipinski definition) is 1. The van der Waals surface area contributed by atoms with Crippen molar-refractivity contribution in [2.24, 2.45) is 0 Å². The van der Waals surface area contributed by atoms with Crippen LogP contribution in [-0.4, -0.2) is 20.8 Å². The smallest absolute Gasteiger partial charge is 0.161 e. The van der Waals surface area contributed by atoms with Gasteiger partial charge in [-0.05, 0) is 49.9 Å². The summed E-state index contributed by atoms with van der Waals surface area (Å²) < 4.78 is 10.9. The Labute approximate surface area is 108 Å². The standard InChI is InChI=1S/C15H21NO2/c1-14(2)10-7-12(17-3)13(18-4)8-11(10)15(5-6-15)9-16-14/h7-8,16H,5-6,9H2,1-4H3. The van der Waals surface area contributed by atoms with Crippen molar-refractivity contribution in [2.45, 2.75) is 37.6 Å². The minimum atomic E-state index is 0.00270. The molecule has 1 aliphatic heterocycles. The fourth-order valence-electron chi connectivity index (χ4n) is 3.01. The number of hydrogen-bond acceptors (Lipinski definition) is 3. The lowest BCUT2D eigenvalue weighted by atomic mass is 9.78. The van der Waals surface area contributed by atoms with Gasteiger partial charge in [0.1, 0.15) is 0 Å². The Morgan fingerprint density at radius 2 is 1.56 bits per heavy atom. The average Bonchev–Trinajstić information content (AvgIpc) is 3.14. The predicted molar refractivity (Wildman–Crippen MR) is 71.5 cm³/mol. The highest BCUT2D eigenvalue weighted by atomic mass is 16.5. The van der Waals surface area contributed by atoms with Crippen molar-refractivity contribution in [3.05, 3.63) is 23.3 Å². The van der Waals surface area contributed by atoms with Gasteiger partial charge in [0, 0.05) is 17.5 Å². The summed E-state index contributed by atoms with van der Waals surface area (Å²) in [4.78, 5) is 0. The molecule has 0 aromatic heterocycles. The Bertz CT molecular complexity index is 457. The van der Waals surface area contributed by atoms with E-state index in [1.54, 1.807) is 14.2 Å². The van der Waals surface area contributed by atoms with Crippen molar-refractivity contribution in [2.75, 3.05) is 20.8 Å². The molecule has 1 aliphatic carbocycles. The Balaban J connectivity index is 2.20. The van der Waals surface area contributed by atoms with Crippen molar-refractivity contribution < 1.29 is 9.47 Å². The summed E-state index contributed by atoms with van der Waals surface area (Å²) in [6, 6.07) is 4.32. The fraction of sp³-hybridized carbons (Fsp3) is 0.600. The molecule has 3 nitrogen and oxygen atoms in total. The van der Waals surface area contributed by atoms with Crippen molar-refractivity contribution in [3.63, 3.8) is 0 Å². The zero-order valence-electron chi connectivity index (χ0n) is 11.6. The largest absolute Gasteiger partial charge is 0.493 e. The molecule has 1 aromatic rings. The first kappa shape index (κ1) is 11.8. The number of benzene rings is 1. The number of methoxy groups -OCH3 is 2. The molecule has 1 heterocycles. The van der Waals surface area contributed by atoms with Crippen LogP contribution in [0.4, 0.5) is 0 Å². The molecular formula is C15H21NO2. The van der Waals surface area contributed by atoms with Gasteiger partial charge in [-0.1, -0.05) is 0 Å². The van der Waals surface area contributed by atoms with E-state index in [1.165, 1.54) is 24.0 Å². The zero-order valence-corrected chi connectivity index (χ0v) is 11.6. The van der Waals surface area contributed by atoms with Crippen LogP contribution in [-0.2, 0) is 11.0 Å². The van der Waals surface area contributed by atoms with E-state index in [2.05, 4.69) is 31.3 Å². The number of ether oxygens (including phenoxy) is 2. The first-order valence-electron chi connectivity index (χ1n) is 6.54. The maximum Gasteiger partial charge on any atom is 0.161 e. The second-order valence-corrected chi connectivity index (χ2v) is 6.01. The molecule has 0 saturated heterocycles. The van der Waals surface area contributed by atoms with Crippen LogP contribution < -0.4 is 14.8 Å². The van der Waals surface area contributed by atoms with Crippen LogP contribution in [0.1, 0.15) is 37.8 Å². The molecule has 1 spiro atoms. The van der Waals surface area contributed by atoms with E-state index < -0.39 is 0 Å². The lowest BCUT2D eigenvalue weighted by molar-refractivity contribution is 0.327. The molecule has 98 valence electrons. The molecule has 0 unspecified atom stereocenters. The van der Waals surface area contributed by atoms with Gasteiger partial charge < -0.3 is 14.8 Å². The first-order chi connectivity index (χ1) is 8.52. The average molecular weight is 247 g/mol. The van der Waals surface area contributed by atoms with Gasteiger partial charge in [-0.15, -0.1) is 0 Å². The quantitative estimate of drug-likeness (QED) is 0.871. The molecule has 1 fully saturated rings. The maximum absolute atomic E-state index is 5.45. The molecular weight excluding hydrogens is 226 g/mol. The van der Waals surface area contributed by atoms with E-state index in [9.17, 15) is 0 Å². The Morgan fingerprint density at radius 1 is 1.00 bits per heavy atom. The Hall–Kier alpha value is -1.22. The summed E-state index contributed by atoms with van der Waals surface area (Å²) in [5.74, 6) is 1.67. The van der Waals surface area contributed by atoms with Crippen molar-refractivity contribution in [1.29, 1.82) is 0 Å². The lowest BCUT2D eigenvalue weighted by Gasteiger charge is -2.39. The highest BCUT2D eigenvalue weighted by molar-refractivity contribution is 5.55. The van der Waals surface area contributed by atoms with Gasteiger partial charge in [-0.2, -0.15) is 0 Å². The van der Waals surface area contributed by atoms with Gasteiger partial charge >= 0.3 is 0 Å². The van der Waals surface area contributed by atoms with E-state index in [4.69, 9.17) is 9.47 Å². The third-order valence-electron chi connectivity index (χ3n) is 4.49. The molecule has 3 rings (SSSR count). The molecule has 0 amide bonds. The number of nitrogens with one attached hydrogen (secondary N) is 1. The van der Waals surface area contributed by atoms with E-state index in [1.807, 2.05) is 0 Å². The minimum absolute atomic E-state index is 0.00270. The molecule has 3 heteroatoms. The van der Waals surface area contributed by atoms with Crippen molar-refractivity contribution in [3.8, 4) is 11.5 Å². The van der Waals surface area contributed by atoms with Crippen LogP contribution in [0.15, 0.2) is 12.1 Å². The molecule has 0 bridgehead atoms. The molecule has 1 saturated carbocycles. The minimum Gasteiger partial charge on any atom is -0.493 e. The molecule has 1 N–H and O–H groups in total. The third kappa shape index (κ3) is 1.53. The second-order valence-electron chi connectivity index (χ2n) is 6.01. The lowest BCUT2D eigenvalue weighted by Crippen LogP contribution is -2.47. The number of fused-ring (bicyclic) bond motifs is 2. The highest BCUT2D eigenvalue weighted by Gasteiger charge is 2.51. The molecule has 1 aromatic carbocycles. The van der Waals surface area contributed by atoms with E-state index >= 15 is 0 Å². The summed E-state index contributed by atoms with van der Waals surface area (Å²) in [6.45, 7) is 5.53. The van der Waals surface area contributed by atoms with Crippen molar-refractivity contribution >= 4 is 0 Å². The SMILES string of the molecule is COc1cc2c(cc1OC)C(C)(C)NCC21CC1.